The molecule has 5 nitrogen and oxygen atoms in total. The summed E-state index contributed by atoms with van der Waals surface area (Å²) >= 11 is 0. The zero-order valence-electron chi connectivity index (χ0n) is 14.8. The predicted molar refractivity (Wildman–Crippen MR) is 84.2 cm³/mol. The zero-order valence-corrected chi connectivity index (χ0v) is 14.8. The maximum Gasteiger partial charge on any atom is 0.307 e. The van der Waals surface area contributed by atoms with Crippen LogP contribution in [0.15, 0.2) is 0 Å². The molecule has 5 heteroatoms. The molecule has 0 amide bonds. The second-order valence-electron chi connectivity index (χ2n) is 8.44. The van der Waals surface area contributed by atoms with E-state index >= 15 is 0 Å². The number of carbonyl (C=O) groups is 1. The highest BCUT2D eigenvalue weighted by molar-refractivity contribution is 5.88. The van der Waals surface area contributed by atoms with Crippen molar-refractivity contribution in [3.05, 3.63) is 0 Å². The van der Waals surface area contributed by atoms with Crippen molar-refractivity contribution in [1.82, 2.24) is 10.8 Å². The average Bonchev–Trinajstić information content (AvgIpc) is 2.23. The van der Waals surface area contributed by atoms with E-state index in [1.807, 2.05) is 34.6 Å². The van der Waals surface area contributed by atoms with Gasteiger partial charge in [-0.05, 0) is 32.6 Å². The Labute approximate surface area is 129 Å². The van der Waals surface area contributed by atoms with Crippen LogP contribution in [0.4, 0.5) is 0 Å². The number of nitriles is 1. The van der Waals surface area contributed by atoms with Gasteiger partial charge in [0.2, 0.25) is 0 Å². The monoisotopic (exact) mass is 297 g/mol. The zero-order chi connectivity index (χ0) is 16.9. The molecule has 0 saturated carbocycles. The molecule has 0 aromatic carbocycles. The fraction of sp³-hybridized carbons (Fsp3) is 0.875. The average molecular weight is 297 g/mol. The summed E-state index contributed by atoms with van der Waals surface area (Å²) in [4.78, 5) is 17.2. The summed E-state index contributed by atoms with van der Waals surface area (Å²) in [6, 6.07) is -0.233. The molecule has 0 aliphatic heterocycles. The van der Waals surface area contributed by atoms with Gasteiger partial charge in [0.15, 0.2) is 5.78 Å². The topological polar surface area (TPSA) is 74.2 Å². The maximum atomic E-state index is 12.7. The van der Waals surface area contributed by atoms with E-state index in [2.05, 4.69) is 36.4 Å². The molecule has 21 heavy (non-hydrogen) atoms. The van der Waals surface area contributed by atoms with E-state index in [9.17, 15) is 4.79 Å². The van der Waals surface area contributed by atoms with Crippen LogP contribution in [0.2, 0.25) is 0 Å². The van der Waals surface area contributed by atoms with Gasteiger partial charge in [0, 0.05) is 17.5 Å². The maximum absolute atomic E-state index is 12.7. The Morgan fingerprint density at radius 3 is 2.05 bits per heavy atom. The van der Waals surface area contributed by atoms with Gasteiger partial charge in [-0.3, -0.25) is 4.79 Å². The molecule has 0 rings (SSSR count). The van der Waals surface area contributed by atoms with Crippen LogP contribution < -0.4 is 10.8 Å². The van der Waals surface area contributed by atoms with E-state index in [0.717, 1.165) is 0 Å². The third-order valence-corrected chi connectivity index (χ3v) is 3.09. The second-order valence-corrected chi connectivity index (χ2v) is 8.44. The molecule has 1 unspecified atom stereocenters. The van der Waals surface area contributed by atoms with Gasteiger partial charge in [-0.15, -0.1) is 10.7 Å². The van der Waals surface area contributed by atoms with Crippen LogP contribution in [-0.2, 0) is 9.63 Å². The van der Waals surface area contributed by atoms with Crippen LogP contribution in [0.3, 0.4) is 0 Å². The number of hydrogen-bond acceptors (Lipinski definition) is 5. The van der Waals surface area contributed by atoms with Crippen molar-refractivity contribution in [1.29, 1.82) is 5.26 Å². The lowest BCUT2D eigenvalue weighted by atomic mass is 9.78. The summed E-state index contributed by atoms with van der Waals surface area (Å²) in [7, 11) is 0. The molecule has 0 aromatic heterocycles. The Morgan fingerprint density at radius 1 is 1.14 bits per heavy atom. The van der Waals surface area contributed by atoms with E-state index in [-0.39, 0.29) is 22.8 Å². The molecule has 0 saturated heterocycles. The van der Waals surface area contributed by atoms with Gasteiger partial charge < -0.3 is 10.2 Å². The molecule has 0 fully saturated rings. The lowest BCUT2D eigenvalue weighted by Gasteiger charge is -2.36. The predicted octanol–water partition coefficient (Wildman–Crippen LogP) is 2.78. The van der Waals surface area contributed by atoms with E-state index in [0.29, 0.717) is 13.0 Å². The number of Topliss-reactive ketones (excluding diaryl/α,β-unsaturated/α-hetero) is 1. The van der Waals surface area contributed by atoms with Crippen LogP contribution >= 0.6 is 0 Å². The smallest absolute Gasteiger partial charge is 0.307 e. The first-order valence-corrected chi connectivity index (χ1v) is 7.38. The number of carbonyl (C=O) groups excluding carboxylic acids is 1. The first kappa shape index (κ1) is 19.9. The second kappa shape index (κ2) is 7.24. The molecule has 0 aliphatic rings. The van der Waals surface area contributed by atoms with E-state index in [1.54, 1.807) is 6.26 Å². The van der Waals surface area contributed by atoms with Gasteiger partial charge in [-0.25, -0.2) is 0 Å². The van der Waals surface area contributed by atoms with E-state index < -0.39 is 5.41 Å². The number of nitrogens with one attached hydrogen (secondary N) is 2. The lowest BCUT2D eigenvalue weighted by Crippen LogP contribution is -2.53. The van der Waals surface area contributed by atoms with Gasteiger partial charge in [0.25, 0.3) is 0 Å². The normalized spacial score (nSPS) is 14.4. The molecular weight excluding hydrogens is 266 g/mol. The number of hydroxylamine groups is 1. The van der Waals surface area contributed by atoms with Crippen LogP contribution in [0, 0.1) is 22.3 Å². The van der Waals surface area contributed by atoms with Gasteiger partial charge in [0.1, 0.15) is 0 Å². The van der Waals surface area contributed by atoms with Crippen molar-refractivity contribution in [3.63, 3.8) is 0 Å². The largest absolute Gasteiger partial charge is 0.330 e. The number of rotatable bonds is 7. The quantitative estimate of drug-likeness (QED) is 0.429. The van der Waals surface area contributed by atoms with Gasteiger partial charge in [-0.2, -0.15) is 0 Å². The minimum absolute atomic E-state index is 0.141. The Kier molecular flexibility index (Phi) is 6.85. The SMILES string of the molecule is CC(C)(CNOC#N)CC(NC(C)(C)C)C(=O)C(C)(C)C. The molecule has 0 aliphatic carbocycles. The third-order valence-electron chi connectivity index (χ3n) is 3.09. The van der Waals surface area contributed by atoms with Crippen molar-refractivity contribution in [3.8, 4) is 6.26 Å². The fourth-order valence-electron chi connectivity index (χ4n) is 2.14. The molecular formula is C16H31N3O2. The van der Waals surface area contributed by atoms with E-state index in [4.69, 9.17) is 5.26 Å². The third kappa shape index (κ3) is 8.69. The van der Waals surface area contributed by atoms with Crippen LogP contribution in [0.5, 0.6) is 0 Å². The molecule has 0 spiro atoms. The van der Waals surface area contributed by atoms with Crippen molar-refractivity contribution in [2.24, 2.45) is 10.8 Å². The summed E-state index contributed by atoms with van der Waals surface area (Å²) in [6.45, 7) is 16.6. The van der Waals surface area contributed by atoms with Crippen molar-refractivity contribution < 1.29 is 9.63 Å². The van der Waals surface area contributed by atoms with Crippen LogP contribution in [0.25, 0.3) is 0 Å². The Morgan fingerprint density at radius 2 is 1.67 bits per heavy atom. The number of ketones is 1. The highest BCUT2D eigenvalue weighted by atomic mass is 16.6. The summed E-state index contributed by atoms with van der Waals surface area (Å²) < 4.78 is 0. The first-order chi connectivity index (χ1) is 9.28. The lowest BCUT2D eigenvalue weighted by molar-refractivity contribution is -0.129. The Balaban J connectivity index is 4.98. The van der Waals surface area contributed by atoms with Gasteiger partial charge in [0.05, 0.1) is 6.04 Å². The fourth-order valence-corrected chi connectivity index (χ4v) is 2.14. The Hall–Kier alpha value is -1.12. The standard InChI is InChI=1S/C16H31N3O2/c1-14(2,3)13(20)12(19-15(4,5)6)9-16(7,8)10-18-21-11-17/h12,18-19H,9-10H2,1-8H3. The summed E-state index contributed by atoms with van der Waals surface area (Å²) in [5, 5.41) is 11.8. The number of nitrogens with zero attached hydrogens (tertiary/aromatic N) is 1. The molecule has 2 N–H and O–H groups in total. The number of hydrogen-bond donors (Lipinski definition) is 2. The summed E-state index contributed by atoms with van der Waals surface area (Å²) in [6.07, 6.45) is 2.25. The van der Waals surface area contributed by atoms with Crippen molar-refractivity contribution >= 4 is 5.78 Å². The van der Waals surface area contributed by atoms with Gasteiger partial charge in [-0.1, -0.05) is 34.6 Å². The van der Waals surface area contributed by atoms with Crippen LogP contribution in [0.1, 0.15) is 61.8 Å². The molecule has 0 aromatic rings. The minimum atomic E-state index is -0.393. The molecule has 1 atom stereocenters. The van der Waals surface area contributed by atoms with Gasteiger partial charge >= 0.3 is 6.26 Å². The molecule has 0 heterocycles. The summed E-state index contributed by atoms with van der Waals surface area (Å²) in [5.74, 6) is 0.201. The highest BCUT2D eigenvalue weighted by Crippen LogP contribution is 2.27. The van der Waals surface area contributed by atoms with Crippen molar-refractivity contribution in [2.45, 2.75) is 73.4 Å². The summed E-state index contributed by atoms with van der Waals surface area (Å²) in [5.41, 5.74) is 1.91. The van der Waals surface area contributed by atoms with E-state index in [1.165, 1.54) is 0 Å². The molecule has 122 valence electrons. The van der Waals surface area contributed by atoms with Crippen LogP contribution in [-0.4, -0.2) is 23.9 Å². The molecule has 0 bridgehead atoms. The first-order valence-electron chi connectivity index (χ1n) is 7.38. The minimum Gasteiger partial charge on any atom is -0.330 e. The highest BCUT2D eigenvalue weighted by Gasteiger charge is 2.35. The molecule has 0 radical (unpaired) electrons. The van der Waals surface area contributed by atoms with Crippen molar-refractivity contribution in [2.75, 3.05) is 6.54 Å². The Bertz CT molecular complexity index is 384.